The first-order valence-corrected chi connectivity index (χ1v) is 15.0. The van der Waals surface area contributed by atoms with Gasteiger partial charge in [-0.2, -0.15) is 0 Å². The standard InChI is InChI=1S/C30H48N4O6/c1-28(2,3)23(33-27(39)40-30(6)13-8-7-9-14-30)26(38)34-16-18-20(29(18,4)5)21(34)25(37)32-19(22(35)24(31)36)15-17-11-10-12-17/h17-21,23H,7-16H2,1-6H3,(H2,31,36)(H,32,37)(H,33,39)/t18-,19?,20?,21-,23?/m0/s1. The van der Waals surface area contributed by atoms with Gasteiger partial charge in [-0.15, -0.1) is 0 Å². The number of Topliss-reactive ketones (excluding diaryl/α,β-unsaturated/α-hetero) is 1. The highest BCUT2D eigenvalue weighted by Gasteiger charge is 2.70. The second-order valence-electron chi connectivity index (χ2n) is 14.6. The summed E-state index contributed by atoms with van der Waals surface area (Å²) in [6.07, 6.45) is 7.36. The highest BCUT2D eigenvalue weighted by Crippen LogP contribution is 2.65. The van der Waals surface area contributed by atoms with Gasteiger partial charge in [-0.1, -0.05) is 60.3 Å². The minimum absolute atomic E-state index is 0.0850. The van der Waals surface area contributed by atoms with Crippen LogP contribution < -0.4 is 16.4 Å². The third-order valence-electron chi connectivity index (χ3n) is 10.1. The predicted molar refractivity (Wildman–Crippen MR) is 149 cm³/mol. The quantitative estimate of drug-likeness (QED) is 0.369. The SMILES string of the molecule is CC1(OC(=O)NC(C(=O)N2C[C@H]3C([C@H]2C(=O)NC(CC2CCC2)C(=O)C(N)=O)C3(C)C)C(C)(C)C)CCCCC1. The third-order valence-corrected chi connectivity index (χ3v) is 10.1. The van der Waals surface area contributed by atoms with Crippen LogP contribution in [0.4, 0.5) is 4.79 Å². The number of primary amides is 1. The molecule has 1 heterocycles. The number of alkyl carbamates (subject to hydrolysis) is 1. The number of carbonyl (C=O) groups excluding carboxylic acids is 5. The molecule has 0 aromatic rings. The molecule has 4 N–H and O–H groups in total. The van der Waals surface area contributed by atoms with E-state index in [0.717, 1.165) is 51.4 Å². The van der Waals surface area contributed by atoms with Crippen LogP contribution in [0.2, 0.25) is 0 Å². The van der Waals surface area contributed by atoms with E-state index < -0.39 is 52.8 Å². The van der Waals surface area contributed by atoms with Crippen molar-refractivity contribution in [2.24, 2.45) is 34.3 Å². The fraction of sp³-hybridized carbons (Fsp3) is 0.833. The van der Waals surface area contributed by atoms with Crippen molar-refractivity contribution in [1.29, 1.82) is 0 Å². The Morgan fingerprint density at radius 2 is 1.60 bits per heavy atom. The number of likely N-dealkylation sites (tertiary alicyclic amines) is 1. The number of piperidine rings is 1. The Balaban J connectivity index is 1.52. The Labute approximate surface area is 237 Å². The van der Waals surface area contributed by atoms with Gasteiger partial charge in [0.1, 0.15) is 17.7 Å². The second-order valence-corrected chi connectivity index (χ2v) is 14.6. The number of hydrogen-bond acceptors (Lipinski definition) is 6. The highest BCUT2D eigenvalue weighted by molar-refractivity contribution is 6.37. The van der Waals surface area contributed by atoms with Gasteiger partial charge in [-0.3, -0.25) is 19.2 Å². The van der Waals surface area contributed by atoms with Gasteiger partial charge in [0, 0.05) is 6.54 Å². The largest absolute Gasteiger partial charge is 0.443 e. The van der Waals surface area contributed by atoms with Gasteiger partial charge in [-0.05, 0) is 67.6 Å². The molecule has 5 atom stereocenters. The summed E-state index contributed by atoms with van der Waals surface area (Å²) in [4.78, 5) is 66.9. The van der Waals surface area contributed by atoms with E-state index in [2.05, 4.69) is 24.5 Å². The second kappa shape index (κ2) is 11.0. The molecule has 3 saturated carbocycles. The van der Waals surface area contributed by atoms with E-state index in [9.17, 15) is 24.0 Å². The van der Waals surface area contributed by atoms with Gasteiger partial charge in [0.2, 0.25) is 17.6 Å². The summed E-state index contributed by atoms with van der Waals surface area (Å²) in [5.74, 6) is -2.39. The smallest absolute Gasteiger partial charge is 0.408 e. The van der Waals surface area contributed by atoms with Crippen LogP contribution in [0, 0.1) is 28.6 Å². The summed E-state index contributed by atoms with van der Waals surface area (Å²) in [5, 5.41) is 5.63. The zero-order valence-electron chi connectivity index (χ0n) is 25.0. The first-order valence-electron chi connectivity index (χ1n) is 15.0. The summed E-state index contributed by atoms with van der Waals surface area (Å²) in [6.45, 7) is 12.1. The van der Waals surface area contributed by atoms with E-state index in [4.69, 9.17) is 10.5 Å². The van der Waals surface area contributed by atoms with E-state index in [0.29, 0.717) is 13.0 Å². The molecule has 4 amide bonds. The van der Waals surface area contributed by atoms with E-state index in [-0.39, 0.29) is 29.1 Å². The molecule has 0 spiro atoms. The van der Waals surface area contributed by atoms with E-state index in [1.54, 1.807) is 4.90 Å². The van der Waals surface area contributed by atoms with Crippen molar-refractivity contribution in [3.05, 3.63) is 0 Å². The highest BCUT2D eigenvalue weighted by atomic mass is 16.6. The predicted octanol–water partition coefficient (Wildman–Crippen LogP) is 3.06. The molecule has 3 aliphatic carbocycles. The third kappa shape index (κ3) is 6.15. The van der Waals surface area contributed by atoms with Crippen LogP contribution in [0.5, 0.6) is 0 Å². The number of ether oxygens (including phenoxy) is 1. The van der Waals surface area contributed by atoms with E-state index >= 15 is 0 Å². The molecular formula is C30H48N4O6. The fourth-order valence-electron chi connectivity index (χ4n) is 7.12. The normalized spacial score (nSPS) is 28.4. The van der Waals surface area contributed by atoms with Crippen LogP contribution in [0.15, 0.2) is 0 Å². The number of ketones is 1. The molecule has 0 aromatic heterocycles. The Morgan fingerprint density at radius 1 is 0.975 bits per heavy atom. The van der Waals surface area contributed by atoms with Crippen molar-refractivity contribution >= 4 is 29.6 Å². The Morgan fingerprint density at radius 3 is 2.12 bits per heavy atom. The van der Waals surface area contributed by atoms with Crippen molar-refractivity contribution < 1.29 is 28.7 Å². The maximum Gasteiger partial charge on any atom is 0.408 e. The van der Waals surface area contributed by atoms with Crippen molar-refractivity contribution in [3.8, 4) is 0 Å². The number of fused-ring (bicyclic) bond motifs is 1. The van der Waals surface area contributed by atoms with Crippen molar-refractivity contribution in [3.63, 3.8) is 0 Å². The van der Waals surface area contributed by atoms with Crippen LogP contribution in [0.3, 0.4) is 0 Å². The molecule has 4 fully saturated rings. The molecule has 1 saturated heterocycles. The molecule has 10 nitrogen and oxygen atoms in total. The van der Waals surface area contributed by atoms with Crippen molar-refractivity contribution in [2.45, 2.75) is 123 Å². The molecule has 0 bridgehead atoms. The molecule has 4 rings (SSSR count). The van der Waals surface area contributed by atoms with Crippen molar-refractivity contribution in [1.82, 2.24) is 15.5 Å². The number of nitrogens with zero attached hydrogens (tertiary/aromatic N) is 1. The number of hydrogen-bond donors (Lipinski definition) is 3. The Bertz CT molecular complexity index is 1040. The summed E-state index contributed by atoms with van der Waals surface area (Å²) in [6, 6.07) is -2.73. The molecule has 0 radical (unpaired) electrons. The first-order chi connectivity index (χ1) is 18.5. The molecule has 10 heteroatoms. The lowest BCUT2D eigenvalue weighted by atomic mass is 9.80. The summed E-state index contributed by atoms with van der Waals surface area (Å²) in [7, 11) is 0. The lowest BCUT2D eigenvalue weighted by Crippen LogP contribution is -2.61. The van der Waals surface area contributed by atoms with Crippen LogP contribution in [-0.4, -0.2) is 64.8 Å². The molecule has 3 unspecified atom stereocenters. The van der Waals surface area contributed by atoms with Gasteiger partial charge in [0.05, 0.1) is 6.04 Å². The van der Waals surface area contributed by atoms with Gasteiger partial charge in [0.15, 0.2) is 0 Å². The minimum Gasteiger partial charge on any atom is -0.443 e. The zero-order chi connectivity index (χ0) is 29.6. The zero-order valence-corrected chi connectivity index (χ0v) is 25.0. The number of amides is 4. The Hall–Kier alpha value is -2.65. The summed E-state index contributed by atoms with van der Waals surface area (Å²) < 4.78 is 5.83. The summed E-state index contributed by atoms with van der Waals surface area (Å²) >= 11 is 0. The molecule has 0 aromatic carbocycles. The molecule has 224 valence electrons. The van der Waals surface area contributed by atoms with Gasteiger partial charge in [-0.25, -0.2) is 4.79 Å². The maximum atomic E-state index is 14.1. The first kappa shape index (κ1) is 30.3. The van der Waals surface area contributed by atoms with E-state index in [1.165, 1.54) is 0 Å². The number of rotatable bonds is 9. The van der Waals surface area contributed by atoms with Crippen LogP contribution in [0.1, 0.15) is 99.3 Å². The molecule has 40 heavy (non-hydrogen) atoms. The van der Waals surface area contributed by atoms with Gasteiger partial charge in [0.25, 0.3) is 5.91 Å². The number of carbonyl (C=O) groups is 5. The topological polar surface area (TPSA) is 148 Å². The Kier molecular flexibility index (Phi) is 8.31. The van der Waals surface area contributed by atoms with E-state index in [1.807, 2.05) is 27.7 Å². The van der Waals surface area contributed by atoms with Gasteiger partial charge >= 0.3 is 6.09 Å². The lowest BCUT2D eigenvalue weighted by Gasteiger charge is -2.39. The summed E-state index contributed by atoms with van der Waals surface area (Å²) in [5.41, 5.74) is 3.96. The molecule has 4 aliphatic rings. The maximum absolute atomic E-state index is 14.1. The van der Waals surface area contributed by atoms with Crippen LogP contribution >= 0.6 is 0 Å². The number of nitrogens with one attached hydrogen (secondary N) is 2. The minimum atomic E-state index is -1.07. The molecule has 1 aliphatic heterocycles. The molecular weight excluding hydrogens is 512 g/mol. The monoisotopic (exact) mass is 560 g/mol. The lowest BCUT2D eigenvalue weighted by molar-refractivity contribution is -0.145. The van der Waals surface area contributed by atoms with Gasteiger partial charge < -0.3 is 26.0 Å². The fourth-order valence-corrected chi connectivity index (χ4v) is 7.12. The number of nitrogens with two attached hydrogens (primary N) is 1. The van der Waals surface area contributed by atoms with Crippen molar-refractivity contribution in [2.75, 3.05) is 6.54 Å². The van der Waals surface area contributed by atoms with Crippen LogP contribution in [-0.2, 0) is 23.9 Å². The average Bonchev–Trinajstić information content (AvgIpc) is 3.14. The average molecular weight is 561 g/mol. The van der Waals surface area contributed by atoms with Crippen LogP contribution in [0.25, 0.3) is 0 Å².